The lowest BCUT2D eigenvalue weighted by molar-refractivity contribution is -0.0868. The number of hydrogen-bond acceptors (Lipinski definition) is 2. The number of hydrogen-bond donors (Lipinski definition) is 2. The fraction of sp³-hybridized carbons (Fsp3) is 0.895. The first kappa shape index (κ1) is 17.0. The third-order valence-corrected chi connectivity index (χ3v) is 6.83. The van der Waals surface area contributed by atoms with Crippen molar-refractivity contribution in [2.75, 3.05) is 0 Å². The van der Waals surface area contributed by atoms with Gasteiger partial charge < -0.3 is 10.8 Å². The van der Waals surface area contributed by atoms with Crippen molar-refractivity contribution >= 4 is 0 Å². The predicted octanol–water partition coefficient (Wildman–Crippen LogP) is 4.27. The van der Waals surface area contributed by atoms with E-state index < -0.39 is 5.60 Å². The van der Waals surface area contributed by atoms with E-state index in [1.54, 1.807) is 6.08 Å². The maximum atomic E-state index is 10.3. The van der Waals surface area contributed by atoms with Gasteiger partial charge in [-0.15, -0.1) is 6.58 Å². The molecule has 2 rings (SSSR count). The first-order valence-electron chi connectivity index (χ1n) is 8.74. The summed E-state index contributed by atoms with van der Waals surface area (Å²) in [6.07, 6.45) is 9.85. The lowest BCUT2D eigenvalue weighted by Crippen LogP contribution is -2.55. The van der Waals surface area contributed by atoms with Crippen LogP contribution >= 0.6 is 0 Å². The summed E-state index contributed by atoms with van der Waals surface area (Å²) in [7, 11) is 0. The summed E-state index contributed by atoms with van der Waals surface area (Å²) in [5.74, 6) is 1.31. The van der Waals surface area contributed by atoms with Crippen LogP contribution in [0.4, 0.5) is 0 Å². The second kappa shape index (κ2) is 5.70. The number of rotatable bonds is 4. The fourth-order valence-electron chi connectivity index (χ4n) is 5.47. The highest BCUT2D eigenvalue weighted by Crippen LogP contribution is 2.60. The Balaban J connectivity index is 2.19. The summed E-state index contributed by atoms with van der Waals surface area (Å²) >= 11 is 0. The Kier molecular flexibility index (Phi) is 4.62. The molecule has 0 bridgehead atoms. The third kappa shape index (κ3) is 3.22. The third-order valence-electron chi connectivity index (χ3n) is 6.83. The van der Waals surface area contributed by atoms with Gasteiger partial charge in [0.15, 0.2) is 0 Å². The topological polar surface area (TPSA) is 46.2 Å². The van der Waals surface area contributed by atoms with Crippen LogP contribution in [0.15, 0.2) is 12.7 Å². The Labute approximate surface area is 131 Å². The van der Waals surface area contributed by atoms with E-state index in [4.69, 9.17) is 5.73 Å². The van der Waals surface area contributed by atoms with Crippen LogP contribution in [0, 0.1) is 22.7 Å². The molecule has 2 aliphatic carbocycles. The van der Waals surface area contributed by atoms with Crippen LogP contribution in [-0.2, 0) is 0 Å². The highest BCUT2D eigenvalue weighted by Gasteiger charge is 2.53. The van der Waals surface area contributed by atoms with Crippen LogP contribution in [0.2, 0.25) is 0 Å². The Morgan fingerprint density at radius 2 is 1.95 bits per heavy atom. The van der Waals surface area contributed by atoms with Crippen molar-refractivity contribution in [2.45, 2.75) is 84.3 Å². The van der Waals surface area contributed by atoms with Gasteiger partial charge in [-0.2, -0.15) is 0 Å². The van der Waals surface area contributed by atoms with Crippen molar-refractivity contribution in [1.82, 2.24) is 0 Å². The molecule has 0 aliphatic heterocycles. The Morgan fingerprint density at radius 1 is 1.29 bits per heavy atom. The predicted molar refractivity (Wildman–Crippen MR) is 90.0 cm³/mol. The molecule has 2 heteroatoms. The second-order valence-corrected chi connectivity index (χ2v) is 8.85. The Bertz CT molecular complexity index is 387. The van der Waals surface area contributed by atoms with E-state index in [1.807, 2.05) is 6.92 Å². The van der Waals surface area contributed by atoms with Crippen LogP contribution in [-0.4, -0.2) is 16.7 Å². The summed E-state index contributed by atoms with van der Waals surface area (Å²) in [6.45, 7) is 13.0. The van der Waals surface area contributed by atoms with Crippen molar-refractivity contribution in [3.63, 3.8) is 0 Å². The summed E-state index contributed by atoms with van der Waals surface area (Å²) in [5, 5.41) is 10.3. The van der Waals surface area contributed by atoms with Gasteiger partial charge in [-0.05, 0) is 68.1 Å². The molecular formula is C19H35NO. The Hall–Kier alpha value is -0.340. The van der Waals surface area contributed by atoms with Gasteiger partial charge in [0.25, 0.3) is 0 Å². The number of nitrogens with two attached hydrogens (primary N) is 1. The zero-order valence-electron chi connectivity index (χ0n) is 14.5. The smallest absolute Gasteiger partial charge is 0.0797 e. The van der Waals surface area contributed by atoms with Crippen LogP contribution in [0.1, 0.15) is 72.6 Å². The van der Waals surface area contributed by atoms with Crippen molar-refractivity contribution in [1.29, 1.82) is 0 Å². The van der Waals surface area contributed by atoms with Gasteiger partial charge in [0, 0.05) is 6.04 Å². The van der Waals surface area contributed by atoms with E-state index in [0.717, 1.165) is 25.2 Å². The molecular weight excluding hydrogens is 258 g/mol. The first-order valence-corrected chi connectivity index (χ1v) is 8.74. The molecule has 0 aromatic carbocycles. The van der Waals surface area contributed by atoms with Gasteiger partial charge in [-0.3, -0.25) is 0 Å². The molecule has 2 saturated carbocycles. The molecule has 0 aromatic rings. The standard InChI is InChI=1S/C19H35NO/c1-6-18(4,21)13-10-14-15(20)8-9-16-17(2,3)11-7-12-19(14,16)5/h6,14-16,21H,1,7-13,20H2,2-5H3/t14?,15-,16?,18-,19?/m1/s1. The van der Waals surface area contributed by atoms with E-state index in [9.17, 15) is 5.11 Å². The van der Waals surface area contributed by atoms with E-state index in [1.165, 1.54) is 25.7 Å². The summed E-state index contributed by atoms with van der Waals surface area (Å²) in [4.78, 5) is 0. The molecule has 21 heavy (non-hydrogen) atoms. The summed E-state index contributed by atoms with van der Waals surface area (Å²) in [5.41, 5.74) is 6.55. The molecule has 3 unspecified atom stereocenters. The van der Waals surface area contributed by atoms with E-state index in [0.29, 0.717) is 22.8 Å². The van der Waals surface area contributed by atoms with E-state index in [2.05, 4.69) is 27.4 Å². The molecule has 2 nitrogen and oxygen atoms in total. The molecule has 2 aliphatic rings. The molecule has 0 spiro atoms. The highest BCUT2D eigenvalue weighted by molar-refractivity contribution is 5.05. The fourth-order valence-corrected chi connectivity index (χ4v) is 5.47. The van der Waals surface area contributed by atoms with Gasteiger partial charge in [0.2, 0.25) is 0 Å². The lowest BCUT2D eigenvalue weighted by Gasteiger charge is -2.59. The molecule has 0 aromatic heterocycles. The molecule has 122 valence electrons. The zero-order valence-corrected chi connectivity index (χ0v) is 14.5. The molecule has 0 saturated heterocycles. The normalized spacial score (nSPS) is 41.9. The second-order valence-electron chi connectivity index (χ2n) is 8.85. The van der Waals surface area contributed by atoms with Gasteiger partial charge in [-0.25, -0.2) is 0 Å². The van der Waals surface area contributed by atoms with Crippen LogP contribution in [0.3, 0.4) is 0 Å². The van der Waals surface area contributed by atoms with Crippen molar-refractivity contribution in [3.8, 4) is 0 Å². The summed E-state index contributed by atoms with van der Waals surface area (Å²) < 4.78 is 0. The molecule has 2 fully saturated rings. The molecule has 0 heterocycles. The van der Waals surface area contributed by atoms with Gasteiger partial charge >= 0.3 is 0 Å². The van der Waals surface area contributed by atoms with Crippen LogP contribution < -0.4 is 5.73 Å². The monoisotopic (exact) mass is 293 g/mol. The maximum Gasteiger partial charge on any atom is 0.0797 e. The van der Waals surface area contributed by atoms with Gasteiger partial charge in [0.05, 0.1) is 5.60 Å². The quantitative estimate of drug-likeness (QED) is 0.760. The maximum absolute atomic E-state index is 10.3. The average molecular weight is 293 g/mol. The first-order chi connectivity index (χ1) is 9.62. The van der Waals surface area contributed by atoms with E-state index >= 15 is 0 Å². The molecule has 0 amide bonds. The largest absolute Gasteiger partial charge is 0.386 e. The average Bonchev–Trinajstić information content (AvgIpc) is 2.36. The van der Waals surface area contributed by atoms with Gasteiger partial charge in [0.1, 0.15) is 0 Å². The number of fused-ring (bicyclic) bond motifs is 1. The van der Waals surface area contributed by atoms with E-state index in [-0.39, 0.29) is 0 Å². The minimum absolute atomic E-state index is 0.292. The van der Waals surface area contributed by atoms with Gasteiger partial charge in [-0.1, -0.05) is 33.3 Å². The minimum atomic E-state index is -0.757. The summed E-state index contributed by atoms with van der Waals surface area (Å²) in [6, 6.07) is 0.292. The minimum Gasteiger partial charge on any atom is -0.386 e. The van der Waals surface area contributed by atoms with Crippen molar-refractivity contribution < 1.29 is 5.11 Å². The lowest BCUT2D eigenvalue weighted by atomic mass is 9.47. The zero-order chi connectivity index (χ0) is 15.9. The van der Waals surface area contributed by atoms with Crippen LogP contribution in [0.5, 0.6) is 0 Å². The van der Waals surface area contributed by atoms with Crippen molar-refractivity contribution in [2.24, 2.45) is 28.4 Å². The SMILES string of the molecule is C=C[C@@](C)(O)CCC1[C@H](N)CCC2C(C)(C)CCCC12C. The van der Waals surface area contributed by atoms with Crippen LogP contribution in [0.25, 0.3) is 0 Å². The van der Waals surface area contributed by atoms with Crippen molar-refractivity contribution in [3.05, 3.63) is 12.7 Å². The highest BCUT2D eigenvalue weighted by atomic mass is 16.3. The number of aliphatic hydroxyl groups is 1. The Morgan fingerprint density at radius 3 is 2.57 bits per heavy atom. The molecule has 0 radical (unpaired) electrons. The molecule has 3 N–H and O–H groups in total. The molecule has 5 atom stereocenters.